The third-order valence-corrected chi connectivity index (χ3v) is 3.11. The Bertz CT molecular complexity index is 575. The van der Waals surface area contributed by atoms with Crippen LogP contribution in [0.15, 0.2) is 34.8 Å². The molecule has 0 bridgehead atoms. The molecule has 0 aliphatic carbocycles. The Kier molecular flexibility index (Phi) is 5.03. The van der Waals surface area contributed by atoms with Crippen LogP contribution in [0, 0.1) is 5.82 Å². The summed E-state index contributed by atoms with van der Waals surface area (Å²) in [6.07, 6.45) is 0. The highest BCUT2D eigenvalue weighted by atomic mass is 79.9. The molecule has 0 atom stereocenters. The summed E-state index contributed by atoms with van der Waals surface area (Å²) < 4.78 is 19.0. The number of ether oxygens (including phenoxy) is 1. The van der Waals surface area contributed by atoms with Crippen molar-refractivity contribution >= 4 is 15.9 Å². The van der Waals surface area contributed by atoms with Gasteiger partial charge in [0.05, 0.1) is 10.2 Å². The largest absolute Gasteiger partial charge is 0.437 e. The fourth-order valence-corrected chi connectivity index (χ4v) is 1.82. The van der Waals surface area contributed by atoms with Crippen LogP contribution in [0.1, 0.15) is 19.5 Å². The minimum atomic E-state index is -0.335. The minimum Gasteiger partial charge on any atom is -0.437 e. The van der Waals surface area contributed by atoms with Crippen molar-refractivity contribution in [1.82, 2.24) is 15.5 Å². The van der Waals surface area contributed by atoms with Crippen molar-refractivity contribution < 1.29 is 9.13 Å². The smallest absolute Gasteiger partial charge is 0.238 e. The maximum absolute atomic E-state index is 13.1. The number of aromatic nitrogens is 2. The van der Waals surface area contributed by atoms with E-state index in [-0.39, 0.29) is 5.82 Å². The first-order chi connectivity index (χ1) is 9.54. The third-order valence-electron chi connectivity index (χ3n) is 2.50. The maximum atomic E-state index is 13.1. The Balaban J connectivity index is 2.01. The molecule has 6 heteroatoms. The van der Waals surface area contributed by atoms with Crippen LogP contribution < -0.4 is 10.1 Å². The van der Waals surface area contributed by atoms with Crippen LogP contribution in [0.3, 0.4) is 0 Å². The summed E-state index contributed by atoms with van der Waals surface area (Å²) in [6, 6.07) is 8.39. The van der Waals surface area contributed by atoms with E-state index >= 15 is 0 Å². The summed E-state index contributed by atoms with van der Waals surface area (Å²) in [7, 11) is 0. The van der Waals surface area contributed by atoms with Crippen molar-refractivity contribution in [3.8, 4) is 11.6 Å². The molecule has 4 nitrogen and oxygen atoms in total. The molecule has 2 rings (SSSR count). The minimum absolute atomic E-state index is 0.335. The lowest BCUT2D eigenvalue weighted by Crippen LogP contribution is -2.22. The molecule has 20 heavy (non-hydrogen) atoms. The van der Waals surface area contributed by atoms with E-state index in [9.17, 15) is 4.39 Å². The number of nitrogens with one attached hydrogen (secondary N) is 1. The summed E-state index contributed by atoms with van der Waals surface area (Å²) in [5.74, 6) is 0.538. The molecular weight excluding hydrogens is 325 g/mol. The van der Waals surface area contributed by atoms with E-state index in [1.54, 1.807) is 12.1 Å². The molecule has 2 aromatic rings. The average molecular weight is 340 g/mol. The summed E-state index contributed by atoms with van der Waals surface area (Å²) in [5.41, 5.74) is 0.839. The summed E-state index contributed by atoms with van der Waals surface area (Å²) in [5, 5.41) is 11.3. The molecule has 0 fully saturated rings. The van der Waals surface area contributed by atoms with Gasteiger partial charge in [-0.1, -0.05) is 13.8 Å². The van der Waals surface area contributed by atoms with Gasteiger partial charge in [0.25, 0.3) is 0 Å². The molecule has 0 radical (unpaired) electrons. The third kappa shape index (κ3) is 4.25. The van der Waals surface area contributed by atoms with Crippen molar-refractivity contribution in [3.63, 3.8) is 0 Å². The second kappa shape index (κ2) is 6.76. The number of rotatable bonds is 5. The van der Waals surface area contributed by atoms with Crippen LogP contribution in [0.2, 0.25) is 0 Å². The van der Waals surface area contributed by atoms with E-state index < -0.39 is 0 Å². The van der Waals surface area contributed by atoms with Gasteiger partial charge in [-0.2, -0.15) is 5.10 Å². The molecule has 0 unspecified atom stereocenters. The zero-order valence-corrected chi connectivity index (χ0v) is 12.8. The number of hydrogen-bond donors (Lipinski definition) is 1. The van der Waals surface area contributed by atoms with Gasteiger partial charge in [-0.3, -0.25) is 0 Å². The fraction of sp³-hybridized carbons (Fsp3) is 0.286. The quantitative estimate of drug-likeness (QED) is 0.902. The number of hydrogen-bond acceptors (Lipinski definition) is 4. The summed E-state index contributed by atoms with van der Waals surface area (Å²) in [4.78, 5) is 0. The SMILES string of the molecule is CC(C)NCc1ccc(Oc2ccc(F)c(Br)c2)nn1. The van der Waals surface area contributed by atoms with Gasteiger partial charge < -0.3 is 10.1 Å². The fourth-order valence-electron chi connectivity index (χ4n) is 1.47. The molecule has 0 saturated carbocycles. The van der Waals surface area contributed by atoms with Gasteiger partial charge in [0.15, 0.2) is 0 Å². The lowest BCUT2D eigenvalue weighted by atomic mass is 10.3. The van der Waals surface area contributed by atoms with Crippen LogP contribution in [0.25, 0.3) is 0 Å². The van der Waals surface area contributed by atoms with E-state index in [1.165, 1.54) is 12.1 Å². The van der Waals surface area contributed by atoms with E-state index in [4.69, 9.17) is 4.74 Å². The van der Waals surface area contributed by atoms with Gasteiger partial charge in [0.2, 0.25) is 5.88 Å². The highest BCUT2D eigenvalue weighted by Gasteiger charge is 2.04. The van der Waals surface area contributed by atoms with Crippen molar-refractivity contribution in [1.29, 1.82) is 0 Å². The molecule has 0 spiro atoms. The lowest BCUT2D eigenvalue weighted by Gasteiger charge is -2.08. The van der Waals surface area contributed by atoms with Gasteiger partial charge in [-0.15, -0.1) is 5.10 Å². The second-order valence-electron chi connectivity index (χ2n) is 4.58. The second-order valence-corrected chi connectivity index (χ2v) is 5.43. The first-order valence-corrected chi connectivity index (χ1v) is 7.03. The normalized spacial score (nSPS) is 10.8. The number of halogens is 2. The molecule has 0 aliphatic rings. The maximum Gasteiger partial charge on any atom is 0.238 e. The van der Waals surface area contributed by atoms with E-state index in [0.717, 1.165) is 5.69 Å². The van der Waals surface area contributed by atoms with E-state index in [1.807, 2.05) is 6.07 Å². The van der Waals surface area contributed by atoms with Gasteiger partial charge >= 0.3 is 0 Å². The highest BCUT2D eigenvalue weighted by molar-refractivity contribution is 9.10. The topological polar surface area (TPSA) is 47.0 Å². The molecule has 1 N–H and O–H groups in total. The van der Waals surface area contributed by atoms with Crippen molar-refractivity contribution in [2.75, 3.05) is 0 Å². The van der Waals surface area contributed by atoms with Crippen molar-refractivity contribution in [2.45, 2.75) is 26.4 Å². The standard InChI is InChI=1S/C14H15BrFN3O/c1-9(2)17-8-10-3-6-14(19-18-10)20-11-4-5-13(16)12(15)7-11/h3-7,9,17H,8H2,1-2H3. The summed E-state index contributed by atoms with van der Waals surface area (Å²) in [6.45, 7) is 4.79. The molecule has 0 amide bonds. The monoisotopic (exact) mass is 339 g/mol. The molecule has 1 aromatic heterocycles. The first kappa shape index (κ1) is 14.9. The Morgan fingerprint density at radius 3 is 2.65 bits per heavy atom. The van der Waals surface area contributed by atoms with E-state index in [0.29, 0.717) is 28.7 Å². The predicted molar refractivity (Wildman–Crippen MR) is 78.2 cm³/mol. The number of benzene rings is 1. The lowest BCUT2D eigenvalue weighted by molar-refractivity contribution is 0.450. The Morgan fingerprint density at radius 2 is 2.05 bits per heavy atom. The Morgan fingerprint density at radius 1 is 1.25 bits per heavy atom. The zero-order chi connectivity index (χ0) is 14.5. The molecule has 1 heterocycles. The predicted octanol–water partition coefficient (Wildman–Crippen LogP) is 3.67. The molecule has 106 valence electrons. The Labute approximate surface area is 125 Å². The van der Waals surface area contributed by atoms with Crippen LogP contribution in [0.5, 0.6) is 11.6 Å². The van der Waals surface area contributed by atoms with Crippen LogP contribution in [0.4, 0.5) is 4.39 Å². The molecular formula is C14H15BrFN3O. The van der Waals surface area contributed by atoms with E-state index in [2.05, 4.69) is 45.3 Å². The highest BCUT2D eigenvalue weighted by Crippen LogP contribution is 2.25. The van der Waals surface area contributed by atoms with Crippen LogP contribution >= 0.6 is 15.9 Å². The Hall–Kier alpha value is -1.53. The first-order valence-electron chi connectivity index (χ1n) is 6.23. The van der Waals surface area contributed by atoms with Crippen LogP contribution in [-0.4, -0.2) is 16.2 Å². The van der Waals surface area contributed by atoms with Crippen molar-refractivity contribution in [3.05, 3.63) is 46.3 Å². The molecule has 0 saturated heterocycles. The van der Waals surface area contributed by atoms with Gasteiger partial charge in [0.1, 0.15) is 11.6 Å². The zero-order valence-electron chi connectivity index (χ0n) is 11.2. The summed E-state index contributed by atoms with van der Waals surface area (Å²) >= 11 is 3.11. The van der Waals surface area contributed by atoms with Gasteiger partial charge in [-0.05, 0) is 40.2 Å². The van der Waals surface area contributed by atoms with Crippen LogP contribution in [-0.2, 0) is 6.54 Å². The molecule has 1 aromatic carbocycles. The number of nitrogens with zero attached hydrogens (tertiary/aromatic N) is 2. The van der Waals surface area contributed by atoms with Crippen molar-refractivity contribution in [2.24, 2.45) is 0 Å². The van der Waals surface area contributed by atoms with Gasteiger partial charge in [-0.25, -0.2) is 4.39 Å². The molecule has 0 aliphatic heterocycles. The average Bonchev–Trinajstić information content (AvgIpc) is 2.42. The van der Waals surface area contributed by atoms with Gasteiger partial charge in [0, 0.05) is 18.7 Å².